The molecule has 0 aromatic heterocycles. The van der Waals surface area contributed by atoms with Gasteiger partial charge in [0.25, 0.3) is 6.11 Å². The van der Waals surface area contributed by atoms with Gasteiger partial charge in [-0.3, -0.25) is 0 Å². The van der Waals surface area contributed by atoms with Crippen LogP contribution < -0.4 is 0 Å². The molecule has 0 atom stereocenters. The zero-order chi connectivity index (χ0) is 12.1. The summed E-state index contributed by atoms with van der Waals surface area (Å²) in [5, 5.41) is 0. The second kappa shape index (κ2) is 9.74. The van der Waals surface area contributed by atoms with E-state index in [9.17, 15) is 13.2 Å². The number of rotatable bonds is 4. The normalized spacial score (nSPS) is 16.2. The molecule has 0 N–H and O–H groups in total. The molecule has 1 aliphatic carbocycles. The van der Waals surface area contributed by atoms with Crippen molar-refractivity contribution in [3.63, 3.8) is 0 Å². The summed E-state index contributed by atoms with van der Waals surface area (Å²) in [6.45, 7) is 7.45. The molecular formula is C12H24F3OY-. The Balaban J connectivity index is -0.000000247. The van der Waals surface area contributed by atoms with Gasteiger partial charge in [0.1, 0.15) is 0 Å². The van der Waals surface area contributed by atoms with Crippen molar-refractivity contribution in [2.75, 3.05) is 0 Å². The quantitative estimate of drug-likeness (QED) is 0.662. The minimum Gasteiger partial charge on any atom is -0.451 e. The van der Waals surface area contributed by atoms with Crippen LogP contribution in [0.25, 0.3) is 0 Å². The standard InChI is InChI=1S/C6H8F3O.C5H12.CH4.Y/c1-5(2-3-5)10-6(8,9)4-7;1-4-5(2)3;;/h4H,2-3H2,1H3;5H,4H2,1-3H3;1H4;/q-1;;;. The molecule has 1 radical (unpaired) electrons. The Kier molecular flexibility index (Phi) is 13.2. The van der Waals surface area contributed by atoms with Crippen molar-refractivity contribution in [2.45, 2.75) is 66.1 Å². The van der Waals surface area contributed by atoms with E-state index in [1.54, 1.807) is 0 Å². The van der Waals surface area contributed by atoms with E-state index in [-0.39, 0.29) is 40.1 Å². The first-order valence-electron chi connectivity index (χ1n) is 5.27. The Morgan fingerprint density at radius 2 is 1.71 bits per heavy atom. The maximum Gasteiger partial charge on any atom is 0.258 e. The number of alkyl halides is 2. The topological polar surface area (TPSA) is 9.23 Å². The number of hydrogen-bond donors (Lipinski definition) is 0. The van der Waals surface area contributed by atoms with Crippen LogP contribution in [0.15, 0.2) is 0 Å². The second-order valence-electron chi connectivity index (χ2n) is 4.52. The first-order chi connectivity index (χ1) is 6.74. The fraction of sp³-hybridized carbons (Fsp3) is 0.917. The first kappa shape index (κ1) is 23.0. The predicted octanol–water partition coefficient (Wildman–Crippen LogP) is 4.97. The fourth-order valence-corrected chi connectivity index (χ4v) is 0.629. The molecule has 0 spiro atoms. The van der Waals surface area contributed by atoms with E-state index in [0.717, 1.165) is 5.92 Å². The van der Waals surface area contributed by atoms with Gasteiger partial charge >= 0.3 is 0 Å². The molecule has 0 amide bonds. The van der Waals surface area contributed by atoms with Crippen LogP contribution in [0.5, 0.6) is 0 Å². The van der Waals surface area contributed by atoms with E-state index in [0.29, 0.717) is 12.8 Å². The Hall–Kier alpha value is 0.854. The van der Waals surface area contributed by atoms with Gasteiger partial charge in [0.05, 0.1) is 5.60 Å². The molecule has 1 saturated carbocycles. The molecule has 1 rings (SSSR count). The number of halogens is 3. The van der Waals surface area contributed by atoms with E-state index >= 15 is 0 Å². The first-order valence-corrected chi connectivity index (χ1v) is 5.27. The van der Waals surface area contributed by atoms with E-state index in [2.05, 4.69) is 25.5 Å². The average Bonchev–Trinajstić information content (AvgIpc) is 2.83. The molecule has 103 valence electrons. The summed E-state index contributed by atoms with van der Waals surface area (Å²) in [4.78, 5) is 0. The van der Waals surface area contributed by atoms with E-state index < -0.39 is 18.4 Å². The van der Waals surface area contributed by atoms with Gasteiger partial charge < -0.3 is 9.13 Å². The van der Waals surface area contributed by atoms with Crippen molar-refractivity contribution < 1.29 is 50.6 Å². The van der Waals surface area contributed by atoms with Gasteiger partial charge in [-0.1, -0.05) is 41.3 Å². The Morgan fingerprint density at radius 3 is 1.88 bits per heavy atom. The molecule has 0 unspecified atom stereocenters. The summed E-state index contributed by atoms with van der Waals surface area (Å²) >= 11 is 0. The van der Waals surface area contributed by atoms with Gasteiger partial charge in [-0.15, -0.1) is 0 Å². The molecule has 0 aromatic carbocycles. The van der Waals surface area contributed by atoms with Crippen LogP contribution in [0.4, 0.5) is 13.2 Å². The SMILES string of the molecule is C.CC1(OC(F)(F)[CH-]F)CC1.CCC(C)C.[Y]. The van der Waals surface area contributed by atoms with Crippen molar-refractivity contribution >= 4 is 0 Å². The van der Waals surface area contributed by atoms with Gasteiger partial charge in [0, 0.05) is 32.7 Å². The van der Waals surface area contributed by atoms with E-state index in [1.807, 2.05) is 0 Å². The molecule has 1 aliphatic rings. The third-order valence-electron chi connectivity index (χ3n) is 2.28. The van der Waals surface area contributed by atoms with Crippen LogP contribution >= 0.6 is 0 Å². The van der Waals surface area contributed by atoms with Crippen LogP contribution in [-0.4, -0.2) is 11.7 Å². The van der Waals surface area contributed by atoms with Gasteiger partial charge in [0.2, 0.25) is 0 Å². The molecular weight excluding hydrogens is 306 g/mol. The fourth-order valence-electron chi connectivity index (χ4n) is 0.629. The van der Waals surface area contributed by atoms with Crippen molar-refractivity contribution in [3.8, 4) is 0 Å². The molecule has 5 heteroatoms. The molecule has 1 fully saturated rings. The Labute approximate surface area is 129 Å². The zero-order valence-electron chi connectivity index (χ0n) is 10.4. The Bertz CT molecular complexity index is 183. The van der Waals surface area contributed by atoms with Crippen molar-refractivity contribution in [2.24, 2.45) is 5.92 Å². The summed E-state index contributed by atoms with van der Waals surface area (Å²) in [7, 11) is 0. The van der Waals surface area contributed by atoms with Gasteiger partial charge in [-0.25, -0.2) is 8.78 Å². The smallest absolute Gasteiger partial charge is 0.258 e. The zero-order valence-corrected chi connectivity index (χ0v) is 13.2. The van der Waals surface area contributed by atoms with Crippen LogP contribution in [0.1, 0.15) is 54.4 Å². The summed E-state index contributed by atoms with van der Waals surface area (Å²) in [6.07, 6.45) is -1.24. The van der Waals surface area contributed by atoms with Crippen molar-refractivity contribution in [1.82, 2.24) is 0 Å². The van der Waals surface area contributed by atoms with Gasteiger partial charge in [-0.05, 0) is 25.7 Å². The third-order valence-corrected chi connectivity index (χ3v) is 2.28. The van der Waals surface area contributed by atoms with Crippen LogP contribution in [-0.2, 0) is 37.4 Å². The minimum atomic E-state index is -3.70. The minimum absolute atomic E-state index is 0. The van der Waals surface area contributed by atoms with Crippen LogP contribution in [0.2, 0.25) is 0 Å². The summed E-state index contributed by atoms with van der Waals surface area (Å²) in [6, 6.07) is 0. The van der Waals surface area contributed by atoms with Gasteiger partial charge in [0.15, 0.2) is 0 Å². The molecule has 0 saturated heterocycles. The molecule has 0 aliphatic heterocycles. The van der Waals surface area contributed by atoms with E-state index in [4.69, 9.17) is 0 Å². The molecule has 17 heavy (non-hydrogen) atoms. The largest absolute Gasteiger partial charge is 0.451 e. The van der Waals surface area contributed by atoms with Crippen molar-refractivity contribution in [3.05, 3.63) is 6.67 Å². The molecule has 1 nitrogen and oxygen atoms in total. The maximum atomic E-state index is 12.0. The number of hydrogen-bond acceptors (Lipinski definition) is 1. The molecule has 0 heterocycles. The second-order valence-corrected chi connectivity index (χ2v) is 4.52. The van der Waals surface area contributed by atoms with Gasteiger partial charge in [-0.2, -0.15) is 0 Å². The average molecular weight is 330 g/mol. The third kappa shape index (κ3) is 13.1. The summed E-state index contributed by atoms with van der Waals surface area (Å²) < 4.78 is 39.5. The predicted molar refractivity (Wildman–Crippen MR) is 60.9 cm³/mol. The monoisotopic (exact) mass is 330 g/mol. The van der Waals surface area contributed by atoms with Crippen LogP contribution in [0.3, 0.4) is 0 Å². The van der Waals surface area contributed by atoms with Crippen LogP contribution in [0, 0.1) is 12.6 Å². The van der Waals surface area contributed by atoms with E-state index in [1.165, 1.54) is 13.3 Å². The maximum absolute atomic E-state index is 12.0. The summed E-state index contributed by atoms with van der Waals surface area (Å²) in [5.74, 6) is 0.884. The Morgan fingerprint density at radius 1 is 1.35 bits per heavy atom. The van der Waals surface area contributed by atoms with Crippen molar-refractivity contribution in [1.29, 1.82) is 0 Å². The number of ether oxygens (including phenoxy) is 1. The molecule has 0 bridgehead atoms. The summed E-state index contributed by atoms with van der Waals surface area (Å²) in [5.41, 5.74) is -0.786. The molecule has 0 aromatic rings.